The van der Waals surface area contributed by atoms with Crippen LogP contribution in [0.25, 0.3) is 5.57 Å². The van der Waals surface area contributed by atoms with E-state index in [-0.39, 0.29) is 35.5 Å². The number of hydrogen-bond acceptors (Lipinski definition) is 8. The van der Waals surface area contributed by atoms with Crippen LogP contribution in [0.15, 0.2) is 46.6 Å². The summed E-state index contributed by atoms with van der Waals surface area (Å²) < 4.78 is 41.7. The number of aliphatic hydroxyl groups is 1. The third-order valence-corrected chi connectivity index (χ3v) is 7.97. The van der Waals surface area contributed by atoms with Crippen LogP contribution in [0.1, 0.15) is 34.4 Å². The van der Waals surface area contributed by atoms with Crippen molar-refractivity contribution in [3.63, 3.8) is 0 Å². The molecule has 1 aromatic heterocycles. The summed E-state index contributed by atoms with van der Waals surface area (Å²) in [6, 6.07) is 9.17. The number of rotatable bonds is 7. The van der Waals surface area contributed by atoms with Crippen LogP contribution in [0.3, 0.4) is 0 Å². The molecule has 7 nitrogen and oxygen atoms in total. The Morgan fingerprint density at radius 3 is 2.68 bits per heavy atom. The van der Waals surface area contributed by atoms with E-state index in [2.05, 4.69) is 25.4 Å². The number of benzene rings is 2. The van der Waals surface area contributed by atoms with Crippen molar-refractivity contribution in [3.05, 3.63) is 73.6 Å². The predicted molar refractivity (Wildman–Crippen MR) is 141 cm³/mol. The van der Waals surface area contributed by atoms with Crippen LogP contribution in [0.5, 0.6) is 5.88 Å². The molecule has 3 heterocycles. The lowest BCUT2D eigenvalue weighted by Gasteiger charge is -2.31. The lowest BCUT2D eigenvalue weighted by molar-refractivity contribution is -0.138. The standard InChI is InChI=1S/C26H25ClF3N5O2S/c27-18-3-1-16(21(13-18)26(28,29)30)12-20(15-2-4-22-17(11-15)14-31-34-22)23-24(37)33-25(38-23)32-19-5-7-35(8-6-19)9-10-36/h1-4,11,13-14,19,36-37H,5-10,12H2,(H,32,33). The van der Waals surface area contributed by atoms with E-state index in [1.807, 2.05) is 0 Å². The second-order valence-electron chi connectivity index (χ2n) is 9.23. The van der Waals surface area contributed by atoms with Gasteiger partial charge in [0.25, 0.3) is 0 Å². The molecule has 12 heteroatoms. The first-order chi connectivity index (χ1) is 18.2. The minimum Gasteiger partial charge on any atom is -0.492 e. The highest BCUT2D eigenvalue weighted by molar-refractivity contribution is 7.17. The van der Waals surface area contributed by atoms with Crippen molar-refractivity contribution in [1.29, 1.82) is 0 Å². The summed E-state index contributed by atoms with van der Waals surface area (Å²) in [5.41, 5.74) is 0.456. The highest BCUT2D eigenvalue weighted by Crippen LogP contribution is 2.39. The number of thiazole rings is 1. The molecule has 0 atom stereocenters. The molecule has 0 radical (unpaired) electrons. The fourth-order valence-corrected chi connectivity index (χ4v) is 5.92. The fourth-order valence-electron chi connectivity index (χ4n) is 4.75. The SMILES string of the molecule is OCCN1CCC(Nc2nc(O)c(C(Cc3ccc(Cl)cc3C(F)(F)F)=c3ccc4c(c3)C=NN=4)s2)CC1. The molecule has 0 aliphatic carbocycles. The number of aromatic nitrogens is 1. The van der Waals surface area contributed by atoms with E-state index in [1.165, 1.54) is 23.5 Å². The number of halogens is 4. The van der Waals surface area contributed by atoms with Crippen molar-refractivity contribution in [3.8, 4) is 5.88 Å². The zero-order valence-corrected chi connectivity index (χ0v) is 21.7. The number of anilines is 1. The van der Waals surface area contributed by atoms with E-state index in [9.17, 15) is 18.3 Å². The van der Waals surface area contributed by atoms with Crippen molar-refractivity contribution in [2.75, 3.05) is 31.6 Å². The molecular formula is C26H25ClF3N5O2S. The van der Waals surface area contributed by atoms with E-state index in [0.717, 1.165) is 37.6 Å². The van der Waals surface area contributed by atoms with E-state index in [1.54, 1.807) is 24.4 Å². The van der Waals surface area contributed by atoms with Gasteiger partial charge in [0, 0.05) is 42.7 Å². The van der Waals surface area contributed by atoms with Gasteiger partial charge in [-0.1, -0.05) is 35.1 Å². The minimum atomic E-state index is -4.60. The molecule has 3 N–H and O–H groups in total. The summed E-state index contributed by atoms with van der Waals surface area (Å²) in [7, 11) is 0. The number of nitrogens with one attached hydrogen (secondary N) is 1. The first-order valence-corrected chi connectivity index (χ1v) is 13.3. The van der Waals surface area contributed by atoms with Crippen LogP contribution in [0.4, 0.5) is 18.3 Å². The van der Waals surface area contributed by atoms with Crippen LogP contribution in [0.2, 0.25) is 5.02 Å². The van der Waals surface area contributed by atoms with Gasteiger partial charge in [0.15, 0.2) is 5.13 Å². The van der Waals surface area contributed by atoms with Gasteiger partial charge in [-0.15, -0.1) is 0 Å². The number of fused-ring (bicyclic) bond motifs is 1. The molecule has 0 spiro atoms. The second-order valence-corrected chi connectivity index (χ2v) is 10.7. The van der Waals surface area contributed by atoms with Crippen LogP contribution >= 0.6 is 22.9 Å². The Bertz CT molecular complexity index is 1480. The molecule has 0 amide bonds. The van der Waals surface area contributed by atoms with Crippen LogP contribution in [0, 0.1) is 0 Å². The maximum Gasteiger partial charge on any atom is 0.416 e. The molecule has 1 saturated heterocycles. The van der Waals surface area contributed by atoms with Gasteiger partial charge in [-0.05, 0) is 53.5 Å². The fraction of sp³-hybridized carbons (Fsp3) is 0.346. The normalized spacial score (nSPS) is 16.9. The summed E-state index contributed by atoms with van der Waals surface area (Å²) in [6.45, 7) is 2.42. The van der Waals surface area contributed by atoms with Crippen molar-refractivity contribution in [2.45, 2.75) is 31.5 Å². The average molecular weight is 564 g/mol. The van der Waals surface area contributed by atoms with Crippen LogP contribution in [-0.2, 0) is 12.6 Å². The van der Waals surface area contributed by atoms with Gasteiger partial charge >= 0.3 is 6.18 Å². The molecule has 2 aliphatic rings. The number of β-amino-alcohol motifs (C(OH)–C–C–N with tert-alkyl or cyclic N) is 1. The average Bonchev–Trinajstić information content (AvgIpc) is 3.49. The van der Waals surface area contributed by atoms with Crippen molar-refractivity contribution >= 4 is 39.9 Å². The Morgan fingerprint density at radius 2 is 1.95 bits per heavy atom. The topological polar surface area (TPSA) is 93.3 Å². The Morgan fingerprint density at radius 1 is 1.16 bits per heavy atom. The molecular weight excluding hydrogens is 539 g/mol. The Kier molecular flexibility index (Phi) is 7.71. The van der Waals surface area contributed by atoms with Crippen molar-refractivity contribution in [1.82, 2.24) is 9.88 Å². The maximum absolute atomic E-state index is 13.9. The largest absolute Gasteiger partial charge is 0.492 e. The highest BCUT2D eigenvalue weighted by atomic mass is 35.5. The smallest absolute Gasteiger partial charge is 0.416 e. The molecule has 200 valence electrons. The van der Waals surface area contributed by atoms with Gasteiger partial charge in [-0.3, -0.25) is 0 Å². The number of aromatic hydroxyl groups is 1. The summed E-state index contributed by atoms with van der Waals surface area (Å²) in [5.74, 6) is -0.244. The highest BCUT2D eigenvalue weighted by Gasteiger charge is 2.34. The number of aliphatic hydroxyl groups excluding tert-OH is 1. The number of piperidine rings is 1. The molecule has 0 saturated carbocycles. The van der Waals surface area contributed by atoms with Gasteiger partial charge in [-0.25, -0.2) is 0 Å². The lowest BCUT2D eigenvalue weighted by Crippen LogP contribution is -2.40. The van der Waals surface area contributed by atoms with E-state index in [0.29, 0.717) is 32.7 Å². The summed E-state index contributed by atoms with van der Waals surface area (Å²) in [5, 5.41) is 33.1. The third-order valence-electron chi connectivity index (χ3n) is 6.70. The number of hydrogen-bond donors (Lipinski definition) is 3. The number of likely N-dealkylation sites (tertiary alicyclic amines) is 1. The summed E-state index contributed by atoms with van der Waals surface area (Å²) in [4.78, 5) is 6.88. The van der Waals surface area contributed by atoms with Crippen molar-refractivity contribution < 1.29 is 23.4 Å². The van der Waals surface area contributed by atoms with Crippen LogP contribution in [-0.4, -0.2) is 58.6 Å². The third kappa shape index (κ3) is 5.85. The van der Waals surface area contributed by atoms with E-state index >= 15 is 0 Å². The first-order valence-electron chi connectivity index (χ1n) is 12.1. The van der Waals surface area contributed by atoms with E-state index < -0.39 is 11.7 Å². The van der Waals surface area contributed by atoms with Gasteiger partial charge < -0.3 is 20.4 Å². The molecule has 5 rings (SSSR count). The second kappa shape index (κ2) is 11.0. The number of alkyl halides is 3. The summed E-state index contributed by atoms with van der Waals surface area (Å²) >= 11 is 7.11. The predicted octanol–water partition coefficient (Wildman–Crippen LogP) is 3.80. The van der Waals surface area contributed by atoms with E-state index in [4.69, 9.17) is 16.7 Å². The quantitative estimate of drug-likeness (QED) is 0.407. The van der Waals surface area contributed by atoms with Gasteiger partial charge in [0.1, 0.15) is 0 Å². The minimum absolute atomic E-state index is 0.00450. The molecule has 2 aliphatic heterocycles. The number of nitrogens with zero attached hydrogens (tertiary/aromatic N) is 4. The molecule has 0 bridgehead atoms. The Hall–Kier alpha value is -2.99. The first kappa shape index (κ1) is 26.6. The lowest BCUT2D eigenvalue weighted by atomic mass is 9.96. The monoisotopic (exact) mass is 563 g/mol. The zero-order chi connectivity index (χ0) is 26.9. The van der Waals surface area contributed by atoms with Gasteiger partial charge in [0.05, 0.1) is 28.6 Å². The molecule has 1 fully saturated rings. The van der Waals surface area contributed by atoms with Gasteiger partial charge in [-0.2, -0.15) is 28.4 Å². The molecule has 38 heavy (non-hydrogen) atoms. The van der Waals surface area contributed by atoms with Gasteiger partial charge in [0.2, 0.25) is 5.88 Å². The van der Waals surface area contributed by atoms with Crippen molar-refractivity contribution in [2.24, 2.45) is 10.2 Å². The molecule has 2 aromatic carbocycles. The zero-order valence-electron chi connectivity index (χ0n) is 20.2. The Labute approximate surface area is 225 Å². The molecule has 0 unspecified atom stereocenters. The van der Waals surface area contributed by atoms with Crippen LogP contribution < -0.4 is 15.9 Å². The molecule has 3 aromatic rings. The Balaban J connectivity index is 1.52. The summed E-state index contributed by atoms with van der Waals surface area (Å²) in [6.07, 6.45) is -1.42. The maximum atomic E-state index is 13.9.